The Bertz CT molecular complexity index is 4540. The molecule has 4 aliphatic rings. The molecule has 75 heavy (non-hydrogen) atoms. The smallest absolute Gasteiger partial charge is 0.144 e. The molecule has 12 aromatic rings. The fourth-order valence-electron chi connectivity index (χ4n) is 14.9. The van der Waals surface area contributed by atoms with Gasteiger partial charge in [-0.05, 0) is 156 Å². The van der Waals surface area contributed by atoms with Crippen molar-refractivity contribution in [1.29, 1.82) is 0 Å². The van der Waals surface area contributed by atoms with Gasteiger partial charge in [0.25, 0.3) is 0 Å². The number of anilines is 3. The molecule has 4 heteroatoms. The van der Waals surface area contributed by atoms with Crippen LogP contribution in [-0.4, -0.2) is 4.98 Å². The summed E-state index contributed by atoms with van der Waals surface area (Å²) >= 11 is 0. The zero-order chi connectivity index (χ0) is 50.7. The molecule has 0 radical (unpaired) electrons. The Kier molecular flexibility index (Phi) is 8.15. The van der Waals surface area contributed by atoms with Crippen LogP contribution in [0.5, 0.6) is 0 Å². The van der Waals surface area contributed by atoms with Gasteiger partial charge in [-0.2, -0.15) is 0 Å². The lowest BCUT2D eigenvalue weighted by Crippen LogP contribution is -2.24. The highest BCUT2D eigenvalue weighted by atomic mass is 16.3. The summed E-state index contributed by atoms with van der Waals surface area (Å²) < 4.78 is 13.9. The Morgan fingerprint density at radius 2 is 0.787 bits per heavy atom. The molecule has 3 heterocycles. The highest BCUT2D eigenvalue weighted by molar-refractivity contribution is 6.21. The number of fused-ring (bicyclic) bond motifs is 22. The van der Waals surface area contributed by atoms with E-state index in [2.05, 4.69) is 235 Å². The lowest BCUT2D eigenvalue weighted by atomic mass is 9.72. The highest BCUT2D eigenvalue weighted by Crippen LogP contribution is 2.64. The van der Waals surface area contributed by atoms with E-state index in [0.29, 0.717) is 0 Å². The van der Waals surface area contributed by atoms with Gasteiger partial charge in [0.1, 0.15) is 22.3 Å². The minimum absolute atomic E-state index is 0.176. The van der Waals surface area contributed by atoms with Crippen LogP contribution in [0.2, 0.25) is 0 Å². The number of benzene rings is 9. The predicted octanol–water partition coefficient (Wildman–Crippen LogP) is 19.2. The van der Waals surface area contributed by atoms with Gasteiger partial charge < -0.3 is 13.7 Å². The van der Waals surface area contributed by atoms with Gasteiger partial charge in [-0.25, -0.2) is 0 Å². The van der Waals surface area contributed by atoms with Crippen molar-refractivity contribution in [3.63, 3.8) is 0 Å². The SMILES string of the molecule is CC1(C)c2ccccc2-c2ccc(N(c3ccc4c(c3)C(C)(C)c3cc(-c5ccncc5)c5oc6ccccc6c5c3-4)c3ccc4c(c3)C(C)(C)c3c5c(c6c(oc7ccccc76)c3-4)-c3ccccc3C5(C)C)cc21. The van der Waals surface area contributed by atoms with Crippen molar-refractivity contribution in [3.05, 3.63) is 227 Å². The summed E-state index contributed by atoms with van der Waals surface area (Å²) in [6.07, 6.45) is 3.75. The third kappa shape index (κ3) is 5.34. The number of hydrogen-bond donors (Lipinski definition) is 0. The summed E-state index contributed by atoms with van der Waals surface area (Å²) in [5.74, 6) is 0. The third-order valence-electron chi connectivity index (χ3n) is 18.5. The summed E-state index contributed by atoms with van der Waals surface area (Å²) in [6.45, 7) is 19.3. The lowest BCUT2D eigenvalue weighted by molar-refractivity contribution is 0.600. The lowest BCUT2D eigenvalue weighted by Gasteiger charge is -2.32. The van der Waals surface area contributed by atoms with Crippen molar-refractivity contribution >= 4 is 60.9 Å². The Labute approximate surface area is 436 Å². The van der Waals surface area contributed by atoms with Gasteiger partial charge >= 0.3 is 0 Å². The zero-order valence-electron chi connectivity index (χ0n) is 43.5. The fourth-order valence-corrected chi connectivity index (χ4v) is 14.9. The van der Waals surface area contributed by atoms with E-state index in [9.17, 15) is 0 Å². The van der Waals surface area contributed by atoms with Crippen LogP contribution in [0.25, 0.3) is 99.5 Å². The first-order valence-corrected chi connectivity index (χ1v) is 26.6. The van der Waals surface area contributed by atoms with E-state index < -0.39 is 0 Å². The van der Waals surface area contributed by atoms with Crippen molar-refractivity contribution in [1.82, 2.24) is 4.98 Å². The second-order valence-electron chi connectivity index (χ2n) is 23.8. The second kappa shape index (κ2) is 14.2. The molecule has 9 aromatic carbocycles. The van der Waals surface area contributed by atoms with Crippen LogP contribution in [0.15, 0.2) is 191 Å². The van der Waals surface area contributed by atoms with Crippen molar-refractivity contribution in [2.45, 2.75) is 77.0 Å². The Hall–Kier alpha value is -8.47. The summed E-state index contributed by atoms with van der Waals surface area (Å²) in [5, 5.41) is 4.70. The van der Waals surface area contributed by atoms with Crippen LogP contribution in [0.4, 0.5) is 17.1 Å². The maximum absolute atomic E-state index is 7.11. The molecule has 0 saturated carbocycles. The van der Waals surface area contributed by atoms with E-state index in [1.165, 1.54) is 105 Å². The van der Waals surface area contributed by atoms with Gasteiger partial charge in [0.05, 0.1) is 0 Å². The molecule has 0 bridgehead atoms. The van der Waals surface area contributed by atoms with Crippen LogP contribution in [-0.2, 0) is 21.7 Å². The average molecular weight is 967 g/mol. The van der Waals surface area contributed by atoms with Crippen molar-refractivity contribution < 1.29 is 8.83 Å². The molecule has 4 nitrogen and oxygen atoms in total. The van der Waals surface area contributed by atoms with Gasteiger partial charge in [-0.3, -0.25) is 4.98 Å². The molecule has 0 fully saturated rings. The quantitative estimate of drug-likeness (QED) is 0.176. The van der Waals surface area contributed by atoms with Crippen LogP contribution < -0.4 is 4.90 Å². The molecule has 0 spiro atoms. The van der Waals surface area contributed by atoms with Crippen LogP contribution >= 0.6 is 0 Å². The molecular formula is C71H54N2O2. The number of nitrogens with zero attached hydrogens (tertiary/aromatic N) is 2. The molecule has 0 aliphatic heterocycles. The first-order valence-electron chi connectivity index (χ1n) is 26.6. The molecular weight excluding hydrogens is 913 g/mol. The van der Waals surface area contributed by atoms with Crippen LogP contribution in [0, 0.1) is 0 Å². The molecule has 0 atom stereocenters. The van der Waals surface area contributed by atoms with Crippen LogP contribution in [0.1, 0.15) is 99.9 Å². The van der Waals surface area contributed by atoms with E-state index >= 15 is 0 Å². The fraction of sp³-hybridized carbons (Fsp3) is 0.169. The van der Waals surface area contributed by atoms with Gasteiger partial charge in [-0.15, -0.1) is 0 Å². The van der Waals surface area contributed by atoms with Gasteiger partial charge in [-0.1, -0.05) is 159 Å². The predicted molar refractivity (Wildman–Crippen MR) is 309 cm³/mol. The van der Waals surface area contributed by atoms with E-state index in [1.807, 2.05) is 12.4 Å². The number of pyridine rings is 1. The summed E-state index contributed by atoms with van der Waals surface area (Å²) in [5.41, 5.74) is 29.2. The number of para-hydroxylation sites is 2. The minimum atomic E-state index is -0.364. The molecule has 4 aliphatic carbocycles. The molecule has 16 rings (SSSR count). The second-order valence-corrected chi connectivity index (χ2v) is 23.8. The Morgan fingerprint density at radius 1 is 0.347 bits per heavy atom. The van der Waals surface area contributed by atoms with Crippen molar-refractivity contribution in [2.75, 3.05) is 4.90 Å². The highest BCUT2D eigenvalue weighted by Gasteiger charge is 2.49. The minimum Gasteiger partial charge on any atom is -0.455 e. The monoisotopic (exact) mass is 966 g/mol. The van der Waals surface area contributed by atoms with E-state index in [-0.39, 0.29) is 21.7 Å². The van der Waals surface area contributed by atoms with Gasteiger partial charge in [0, 0.05) is 83.8 Å². The number of aromatic nitrogens is 1. The van der Waals surface area contributed by atoms with Gasteiger partial charge in [0.2, 0.25) is 0 Å². The first kappa shape index (κ1) is 43.0. The standard InChI is InChI=1S/C71H54N2O2/c1-68(2)51-21-13-9-17-43(51)44-28-25-40(35-53(44)68)73(41-26-29-46-54(36-41)69(3,4)56-38-50(39-31-33-72-34-32-39)66-61(59(46)56)48-19-11-15-23-57(48)74-66)42-27-30-47-55(37-42)71(7,8)65-63(47)67-62(49-20-12-16-24-58(49)75-67)60-45-18-10-14-22-52(45)70(5,6)64(60)65/h9-38H,1-8H3. The third-order valence-corrected chi connectivity index (χ3v) is 18.5. The topological polar surface area (TPSA) is 42.4 Å². The summed E-state index contributed by atoms with van der Waals surface area (Å²) in [7, 11) is 0. The molecule has 0 unspecified atom stereocenters. The molecule has 3 aromatic heterocycles. The van der Waals surface area contributed by atoms with Crippen molar-refractivity contribution in [3.8, 4) is 55.6 Å². The zero-order valence-corrected chi connectivity index (χ0v) is 43.5. The molecule has 0 saturated heterocycles. The number of rotatable bonds is 4. The van der Waals surface area contributed by atoms with Gasteiger partial charge in [0.15, 0.2) is 0 Å². The summed E-state index contributed by atoms with van der Waals surface area (Å²) in [4.78, 5) is 6.92. The van der Waals surface area contributed by atoms with E-state index in [1.54, 1.807) is 0 Å². The average Bonchev–Trinajstić information content (AvgIpc) is 4.42. The molecule has 0 amide bonds. The van der Waals surface area contributed by atoms with E-state index in [4.69, 9.17) is 8.83 Å². The number of furan rings is 2. The maximum atomic E-state index is 7.11. The first-order chi connectivity index (χ1) is 36.2. The Balaban J connectivity index is 0.934. The van der Waals surface area contributed by atoms with E-state index in [0.717, 1.165) is 55.9 Å². The largest absolute Gasteiger partial charge is 0.455 e. The normalized spacial score (nSPS) is 16.2. The molecule has 0 N–H and O–H groups in total. The maximum Gasteiger partial charge on any atom is 0.144 e. The van der Waals surface area contributed by atoms with Crippen LogP contribution in [0.3, 0.4) is 0 Å². The number of hydrogen-bond acceptors (Lipinski definition) is 4. The Morgan fingerprint density at radius 3 is 1.44 bits per heavy atom. The van der Waals surface area contributed by atoms with Crippen molar-refractivity contribution in [2.24, 2.45) is 0 Å². The molecule has 360 valence electrons. The summed E-state index contributed by atoms with van der Waals surface area (Å²) in [6, 6.07) is 63.5.